The SMILES string of the molecule is CCCC(C)(C)OCCC(C)(C)C(C)(C)OCCC(C)(C)C(C)(C)OCCC(C)C. The van der Waals surface area contributed by atoms with Crippen molar-refractivity contribution < 1.29 is 14.2 Å². The fourth-order valence-electron chi connectivity index (χ4n) is 3.36. The second kappa shape index (κ2) is 11.7. The van der Waals surface area contributed by atoms with Gasteiger partial charge in [0.05, 0.1) is 16.8 Å². The molecule has 0 aromatic rings. The van der Waals surface area contributed by atoms with Gasteiger partial charge in [-0.15, -0.1) is 0 Å². The van der Waals surface area contributed by atoms with Gasteiger partial charge in [0.2, 0.25) is 0 Å². The van der Waals surface area contributed by atoms with Gasteiger partial charge in [-0.1, -0.05) is 54.9 Å². The molecule has 0 spiro atoms. The lowest BCUT2D eigenvalue weighted by atomic mass is 9.73. The van der Waals surface area contributed by atoms with Gasteiger partial charge in [-0.3, -0.25) is 0 Å². The molecule has 0 fully saturated rings. The zero-order chi connectivity index (χ0) is 23.9. The van der Waals surface area contributed by atoms with Gasteiger partial charge in [0.25, 0.3) is 0 Å². The molecule has 30 heavy (non-hydrogen) atoms. The van der Waals surface area contributed by atoms with Gasteiger partial charge in [-0.25, -0.2) is 0 Å². The summed E-state index contributed by atoms with van der Waals surface area (Å²) in [6, 6.07) is 0. The Morgan fingerprint density at radius 1 is 0.567 bits per heavy atom. The maximum absolute atomic E-state index is 6.49. The summed E-state index contributed by atoms with van der Waals surface area (Å²) < 4.78 is 19.0. The Bertz CT molecular complexity index is 472. The van der Waals surface area contributed by atoms with Crippen molar-refractivity contribution in [2.45, 2.75) is 139 Å². The molecule has 0 rings (SSSR count). The molecule has 0 bridgehead atoms. The zero-order valence-corrected chi connectivity index (χ0v) is 23.0. The molecule has 0 saturated carbocycles. The van der Waals surface area contributed by atoms with E-state index < -0.39 is 0 Å². The lowest BCUT2D eigenvalue weighted by Gasteiger charge is -2.45. The maximum Gasteiger partial charge on any atom is 0.0678 e. The minimum Gasteiger partial charge on any atom is -0.376 e. The Hall–Kier alpha value is -0.120. The van der Waals surface area contributed by atoms with Crippen LogP contribution in [0.3, 0.4) is 0 Å². The van der Waals surface area contributed by atoms with E-state index in [1.807, 2.05) is 0 Å². The fourth-order valence-corrected chi connectivity index (χ4v) is 3.36. The lowest BCUT2D eigenvalue weighted by molar-refractivity contribution is -0.142. The summed E-state index contributed by atoms with van der Waals surface area (Å²) in [6.45, 7) is 31.5. The first-order valence-corrected chi connectivity index (χ1v) is 12.3. The van der Waals surface area contributed by atoms with E-state index in [4.69, 9.17) is 14.2 Å². The lowest BCUT2D eigenvalue weighted by Crippen LogP contribution is -2.46. The molecule has 0 heterocycles. The Balaban J connectivity index is 4.69. The van der Waals surface area contributed by atoms with Crippen LogP contribution in [0.4, 0.5) is 0 Å². The van der Waals surface area contributed by atoms with Gasteiger partial charge in [-0.05, 0) is 84.0 Å². The Morgan fingerprint density at radius 2 is 0.967 bits per heavy atom. The maximum atomic E-state index is 6.49. The highest BCUT2D eigenvalue weighted by molar-refractivity contribution is 4.90. The van der Waals surface area contributed by atoms with E-state index >= 15 is 0 Å². The average Bonchev–Trinajstić information content (AvgIpc) is 2.52. The van der Waals surface area contributed by atoms with E-state index in [0.717, 1.165) is 51.9 Å². The molecule has 0 unspecified atom stereocenters. The quantitative estimate of drug-likeness (QED) is 0.249. The van der Waals surface area contributed by atoms with Crippen molar-refractivity contribution in [2.75, 3.05) is 19.8 Å². The van der Waals surface area contributed by atoms with Crippen molar-refractivity contribution >= 4 is 0 Å². The predicted molar refractivity (Wildman–Crippen MR) is 131 cm³/mol. The molecule has 0 amide bonds. The van der Waals surface area contributed by atoms with Crippen LogP contribution in [-0.4, -0.2) is 36.6 Å². The van der Waals surface area contributed by atoms with E-state index in [1.165, 1.54) is 0 Å². The molecule has 0 aromatic heterocycles. The van der Waals surface area contributed by atoms with E-state index in [1.54, 1.807) is 0 Å². The highest BCUT2D eigenvalue weighted by atomic mass is 16.5. The van der Waals surface area contributed by atoms with Crippen molar-refractivity contribution in [3.8, 4) is 0 Å². The Labute approximate surface area is 190 Å². The topological polar surface area (TPSA) is 27.7 Å². The van der Waals surface area contributed by atoms with Crippen LogP contribution >= 0.6 is 0 Å². The van der Waals surface area contributed by atoms with E-state index in [-0.39, 0.29) is 27.6 Å². The molecular formula is C27H56O3. The standard InChI is InChI=1S/C27H56O3/c1-14-16-25(8,9)28-20-17-23(4,5)27(12,13)30-21-18-24(6,7)26(10,11)29-19-15-22(2)3/h22H,14-21H2,1-13H3. The van der Waals surface area contributed by atoms with Crippen LogP contribution in [0.15, 0.2) is 0 Å². The molecule has 0 N–H and O–H groups in total. The largest absolute Gasteiger partial charge is 0.376 e. The third-order valence-corrected chi connectivity index (χ3v) is 7.68. The number of ether oxygens (including phenoxy) is 3. The highest BCUT2D eigenvalue weighted by Gasteiger charge is 2.41. The van der Waals surface area contributed by atoms with E-state index in [9.17, 15) is 0 Å². The van der Waals surface area contributed by atoms with Crippen molar-refractivity contribution in [2.24, 2.45) is 16.7 Å². The number of hydrogen-bond donors (Lipinski definition) is 0. The summed E-state index contributed by atoms with van der Waals surface area (Å²) in [4.78, 5) is 0. The van der Waals surface area contributed by atoms with Crippen LogP contribution in [0.25, 0.3) is 0 Å². The summed E-state index contributed by atoms with van der Waals surface area (Å²) in [5.74, 6) is 0.673. The summed E-state index contributed by atoms with van der Waals surface area (Å²) in [5.41, 5.74) is -0.366. The number of hydrogen-bond acceptors (Lipinski definition) is 3. The van der Waals surface area contributed by atoms with Gasteiger partial charge in [-0.2, -0.15) is 0 Å². The molecular weight excluding hydrogens is 372 g/mol. The average molecular weight is 429 g/mol. The molecule has 0 aliphatic rings. The van der Waals surface area contributed by atoms with Gasteiger partial charge in [0.15, 0.2) is 0 Å². The summed E-state index contributed by atoms with van der Waals surface area (Å²) in [6.07, 6.45) is 5.31. The van der Waals surface area contributed by atoms with E-state index in [2.05, 4.69) is 90.0 Å². The van der Waals surface area contributed by atoms with Gasteiger partial charge in [0.1, 0.15) is 0 Å². The second-order valence-electron chi connectivity index (χ2n) is 12.5. The first kappa shape index (κ1) is 29.9. The summed E-state index contributed by atoms with van der Waals surface area (Å²) in [7, 11) is 0. The molecule has 3 nitrogen and oxygen atoms in total. The minimum absolute atomic E-state index is 0.0305. The third-order valence-electron chi connectivity index (χ3n) is 7.68. The molecule has 0 radical (unpaired) electrons. The normalized spacial score (nSPS) is 14.6. The number of rotatable bonds is 16. The smallest absolute Gasteiger partial charge is 0.0678 e. The highest BCUT2D eigenvalue weighted by Crippen LogP contribution is 2.40. The Morgan fingerprint density at radius 3 is 1.37 bits per heavy atom. The van der Waals surface area contributed by atoms with Gasteiger partial charge >= 0.3 is 0 Å². The molecule has 0 aliphatic carbocycles. The van der Waals surface area contributed by atoms with Crippen molar-refractivity contribution in [1.82, 2.24) is 0 Å². The molecule has 0 atom stereocenters. The zero-order valence-electron chi connectivity index (χ0n) is 23.0. The fraction of sp³-hybridized carbons (Fsp3) is 1.00. The van der Waals surface area contributed by atoms with Crippen molar-refractivity contribution in [3.63, 3.8) is 0 Å². The summed E-state index contributed by atoms with van der Waals surface area (Å²) >= 11 is 0. The summed E-state index contributed by atoms with van der Waals surface area (Å²) in [5, 5.41) is 0. The predicted octanol–water partition coefficient (Wildman–Crippen LogP) is 8.05. The third kappa shape index (κ3) is 10.0. The van der Waals surface area contributed by atoms with Gasteiger partial charge in [0, 0.05) is 19.8 Å². The van der Waals surface area contributed by atoms with Crippen LogP contribution in [0.5, 0.6) is 0 Å². The molecule has 0 aliphatic heterocycles. The van der Waals surface area contributed by atoms with Crippen LogP contribution in [0.1, 0.15) is 122 Å². The Kier molecular flexibility index (Phi) is 11.6. The van der Waals surface area contributed by atoms with Crippen LogP contribution < -0.4 is 0 Å². The minimum atomic E-state index is -0.218. The van der Waals surface area contributed by atoms with Crippen molar-refractivity contribution in [3.05, 3.63) is 0 Å². The molecule has 3 heteroatoms. The molecule has 182 valence electrons. The van der Waals surface area contributed by atoms with Crippen LogP contribution in [-0.2, 0) is 14.2 Å². The molecule has 0 saturated heterocycles. The second-order valence-corrected chi connectivity index (χ2v) is 12.5. The monoisotopic (exact) mass is 428 g/mol. The first-order chi connectivity index (χ1) is 13.4. The van der Waals surface area contributed by atoms with Crippen LogP contribution in [0.2, 0.25) is 0 Å². The van der Waals surface area contributed by atoms with Gasteiger partial charge < -0.3 is 14.2 Å². The van der Waals surface area contributed by atoms with E-state index in [0.29, 0.717) is 5.92 Å². The van der Waals surface area contributed by atoms with Crippen molar-refractivity contribution in [1.29, 1.82) is 0 Å². The first-order valence-electron chi connectivity index (χ1n) is 12.3. The molecule has 0 aromatic carbocycles. The van der Waals surface area contributed by atoms with Crippen LogP contribution in [0, 0.1) is 16.7 Å².